The van der Waals surface area contributed by atoms with E-state index in [9.17, 15) is 9.59 Å². The number of nitrogens with one attached hydrogen (secondary N) is 2. The molecule has 0 aliphatic rings. The summed E-state index contributed by atoms with van der Waals surface area (Å²) in [6.07, 6.45) is 8.37. The molecule has 0 aromatic carbocycles. The Morgan fingerprint density at radius 1 is 0.667 bits per heavy atom. The number of unbranched alkanes of at least 4 members (excludes halogenated alkanes) is 3. The van der Waals surface area contributed by atoms with Gasteiger partial charge in [0.05, 0.1) is 0 Å². The molecule has 0 atom stereocenters. The van der Waals surface area contributed by atoms with Gasteiger partial charge in [-0.15, -0.1) is 0 Å². The van der Waals surface area contributed by atoms with E-state index < -0.39 is 0 Å². The van der Waals surface area contributed by atoms with Crippen LogP contribution >= 0.6 is 0 Å². The van der Waals surface area contributed by atoms with Crippen LogP contribution in [-0.2, 0) is 9.59 Å². The van der Waals surface area contributed by atoms with E-state index in [4.69, 9.17) is 0 Å². The minimum absolute atomic E-state index is 0.0380. The molecule has 0 saturated carbocycles. The van der Waals surface area contributed by atoms with Crippen LogP contribution in [0.2, 0.25) is 0 Å². The monoisotopic (exact) mass is 338 g/mol. The second-order valence-electron chi connectivity index (χ2n) is 6.18. The summed E-state index contributed by atoms with van der Waals surface area (Å²) < 4.78 is 0. The van der Waals surface area contributed by atoms with E-state index in [1.54, 1.807) is 0 Å². The molecule has 0 saturated heterocycles. The van der Waals surface area contributed by atoms with Crippen molar-refractivity contribution in [1.82, 2.24) is 10.9 Å². The fourth-order valence-electron chi connectivity index (χ4n) is 2.19. The van der Waals surface area contributed by atoms with E-state index in [2.05, 4.69) is 34.9 Å². The minimum atomic E-state index is -0.0380. The molecule has 0 rings (SSSR count). The van der Waals surface area contributed by atoms with E-state index in [1.165, 1.54) is 0 Å². The quantitative estimate of drug-likeness (QED) is 0.303. The third kappa shape index (κ3) is 13.9. The maximum absolute atomic E-state index is 11.6. The predicted molar refractivity (Wildman–Crippen MR) is 100 cm³/mol. The maximum Gasteiger partial charge on any atom is 0.240 e. The van der Waals surface area contributed by atoms with Crippen LogP contribution in [0.5, 0.6) is 0 Å². The third-order valence-corrected chi connectivity index (χ3v) is 3.52. The number of hydrazone groups is 2. The van der Waals surface area contributed by atoms with E-state index in [1.807, 2.05) is 13.8 Å². The zero-order chi connectivity index (χ0) is 18.2. The van der Waals surface area contributed by atoms with Gasteiger partial charge in [-0.25, -0.2) is 10.9 Å². The Labute approximate surface area is 146 Å². The maximum atomic E-state index is 11.6. The Balaban J connectivity index is 3.63. The van der Waals surface area contributed by atoms with Crippen LogP contribution in [-0.4, -0.2) is 23.2 Å². The van der Waals surface area contributed by atoms with Crippen LogP contribution in [0.3, 0.4) is 0 Å². The molecule has 0 spiro atoms. The van der Waals surface area contributed by atoms with Gasteiger partial charge in [0.2, 0.25) is 11.8 Å². The Kier molecular flexibility index (Phi) is 13.8. The number of hydrogen-bond donors (Lipinski definition) is 2. The van der Waals surface area contributed by atoms with Gasteiger partial charge >= 0.3 is 0 Å². The van der Waals surface area contributed by atoms with Crippen molar-refractivity contribution in [2.75, 3.05) is 0 Å². The lowest BCUT2D eigenvalue weighted by atomic mass is 10.1. The fourth-order valence-corrected chi connectivity index (χ4v) is 2.19. The number of nitrogens with zero attached hydrogens (tertiary/aromatic N) is 2. The van der Waals surface area contributed by atoms with Gasteiger partial charge < -0.3 is 0 Å². The molecule has 0 aromatic rings. The SMILES string of the molecule is CCCC(C)=NNC(=O)CCCCCCC(=O)NN=C(C)CCC. The lowest BCUT2D eigenvalue weighted by Gasteiger charge is -2.03. The molecular formula is C18H34N4O2. The number of hydrogen-bond acceptors (Lipinski definition) is 4. The molecule has 6 heteroatoms. The van der Waals surface area contributed by atoms with Crippen molar-refractivity contribution in [3.8, 4) is 0 Å². The van der Waals surface area contributed by atoms with Gasteiger partial charge in [0.1, 0.15) is 0 Å². The van der Waals surface area contributed by atoms with Crippen molar-refractivity contribution < 1.29 is 9.59 Å². The Hall–Kier alpha value is -1.72. The molecule has 24 heavy (non-hydrogen) atoms. The normalized spacial score (nSPS) is 12.2. The summed E-state index contributed by atoms with van der Waals surface area (Å²) in [6.45, 7) is 8.00. The molecule has 0 aliphatic heterocycles. The molecule has 0 radical (unpaired) electrons. The zero-order valence-corrected chi connectivity index (χ0v) is 15.8. The van der Waals surface area contributed by atoms with Gasteiger partial charge in [-0.2, -0.15) is 10.2 Å². The second kappa shape index (κ2) is 14.8. The summed E-state index contributed by atoms with van der Waals surface area (Å²) in [4.78, 5) is 23.2. The molecule has 0 bridgehead atoms. The Morgan fingerprint density at radius 2 is 1.04 bits per heavy atom. The summed E-state index contributed by atoms with van der Waals surface area (Å²) in [5.41, 5.74) is 7.07. The molecule has 2 amide bonds. The minimum Gasteiger partial charge on any atom is -0.273 e. The number of amides is 2. The lowest BCUT2D eigenvalue weighted by Crippen LogP contribution is -2.19. The predicted octanol–water partition coefficient (Wildman–Crippen LogP) is 3.91. The third-order valence-electron chi connectivity index (χ3n) is 3.52. The van der Waals surface area contributed by atoms with E-state index in [0.29, 0.717) is 12.8 Å². The summed E-state index contributed by atoms with van der Waals surface area (Å²) in [5.74, 6) is -0.0761. The highest BCUT2D eigenvalue weighted by atomic mass is 16.2. The molecule has 0 fully saturated rings. The first-order valence-electron chi connectivity index (χ1n) is 9.13. The average molecular weight is 338 g/mol. The van der Waals surface area contributed by atoms with Gasteiger partial charge in [0, 0.05) is 24.3 Å². The van der Waals surface area contributed by atoms with Crippen LogP contribution in [0.1, 0.15) is 91.9 Å². The van der Waals surface area contributed by atoms with Gasteiger partial charge in [-0.1, -0.05) is 39.5 Å². The van der Waals surface area contributed by atoms with Crippen LogP contribution in [0.4, 0.5) is 0 Å². The highest BCUT2D eigenvalue weighted by Gasteiger charge is 2.02. The molecule has 0 heterocycles. The molecule has 0 aromatic heterocycles. The van der Waals surface area contributed by atoms with Crippen LogP contribution in [0.15, 0.2) is 10.2 Å². The summed E-state index contributed by atoms with van der Waals surface area (Å²) in [7, 11) is 0. The lowest BCUT2D eigenvalue weighted by molar-refractivity contribution is -0.122. The highest BCUT2D eigenvalue weighted by molar-refractivity contribution is 5.84. The van der Waals surface area contributed by atoms with Crippen LogP contribution in [0.25, 0.3) is 0 Å². The Morgan fingerprint density at radius 3 is 1.38 bits per heavy atom. The standard InChI is InChI=1S/C18H34N4O2/c1-5-11-15(3)19-21-17(23)13-9-7-8-10-14-18(24)22-20-16(4)12-6-2/h5-14H2,1-4H3,(H,21,23)(H,22,24). The van der Waals surface area contributed by atoms with Gasteiger partial charge in [-0.3, -0.25) is 9.59 Å². The van der Waals surface area contributed by atoms with E-state index >= 15 is 0 Å². The molecule has 2 N–H and O–H groups in total. The van der Waals surface area contributed by atoms with E-state index in [-0.39, 0.29) is 11.8 Å². The molecule has 6 nitrogen and oxygen atoms in total. The van der Waals surface area contributed by atoms with Crippen LogP contribution < -0.4 is 10.9 Å². The first-order valence-corrected chi connectivity index (χ1v) is 9.13. The van der Waals surface area contributed by atoms with E-state index in [0.717, 1.165) is 62.8 Å². The summed E-state index contributed by atoms with van der Waals surface area (Å²) in [6, 6.07) is 0. The number of rotatable bonds is 13. The van der Waals surface area contributed by atoms with Crippen molar-refractivity contribution in [1.29, 1.82) is 0 Å². The van der Waals surface area contributed by atoms with Gasteiger partial charge in [0.25, 0.3) is 0 Å². The highest BCUT2D eigenvalue weighted by Crippen LogP contribution is 2.05. The molecule has 0 aliphatic carbocycles. The summed E-state index contributed by atoms with van der Waals surface area (Å²) >= 11 is 0. The average Bonchev–Trinajstić information content (AvgIpc) is 2.54. The second-order valence-corrected chi connectivity index (χ2v) is 6.18. The molecule has 138 valence electrons. The van der Waals surface area contributed by atoms with Gasteiger partial charge in [-0.05, 0) is 39.5 Å². The van der Waals surface area contributed by atoms with Crippen molar-refractivity contribution >= 4 is 23.2 Å². The topological polar surface area (TPSA) is 82.9 Å². The Bertz CT molecular complexity index is 391. The first kappa shape index (κ1) is 22.3. The van der Waals surface area contributed by atoms with Gasteiger partial charge in [0.15, 0.2) is 0 Å². The molecular weight excluding hydrogens is 304 g/mol. The van der Waals surface area contributed by atoms with Crippen molar-refractivity contribution in [3.63, 3.8) is 0 Å². The molecule has 0 unspecified atom stereocenters. The number of carbonyl (C=O) groups is 2. The van der Waals surface area contributed by atoms with Crippen molar-refractivity contribution in [3.05, 3.63) is 0 Å². The van der Waals surface area contributed by atoms with Crippen LogP contribution in [0, 0.1) is 0 Å². The van der Waals surface area contributed by atoms with Crippen molar-refractivity contribution in [2.24, 2.45) is 10.2 Å². The number of carbonyl (C=O) groups excluding carboxylic acids is 2. The fraction of sp³-hybridized carbons (Fsp3) is 0.778. The largest absolute Gasteiger partial charge is 0.273 e. The van der Waals surface area contributed by atoms with Crippen molar-refractivity contribution in [2.45, 2.75) is 91.9 Å². The smallest absolute Gasteiger partial charge is 0.240 e. The zero-order valence-electron chi connectivity index (χ0n) is 15.8. The summed E-state index contributed by atoms with van der Waals surface area (Å²) in [5, 5.41) is 8.10. The first-order chi connectivity index (χ1) is 11.5.